The van der Waals surface area contributed by atoms with Crippen LogP contribution >= 0.6 is 11.6 Å². The van der Waals surface area contributed by atoms with Gasteiger partial charge in [0.15, 0.2) is 0 Å². The van der Waals surface area contributed by atoms with Crippen LogP contribution in [0.5, 0.6) is 0 Å². The summed E-state index contributed by atoms with van der Waals surface area (Å²) in [6.45, 7) is 3.88. The SMILES string of the molecule is Cc1c(-c2ccnc(N[C@@H](C)c3cc4cccc(Cl)c4[nH]c3=O)n2)cnn1C. The third-order valence-corrected chi connectivity index (χ3v) is 5.15. The van der Waals surface area contributed by atoms with Gasteiger partial charge in [0.25, 0.3) is 5.56 Å². The Bertz CT molecular complexity index is 1230. The number of nitrogens with zero attached hydrogens (tertiary/aromatic N) is 4. The Balaban J connectivity index is 1.66. The third kappa shape index (κ3) is 3.25. The molecule has 3 heterocycles. The summed E-state index contributed by atoms with van der Waals surface area (Å²) in [7, 11) is 1.89. The highest BCUT2D eigenvalue weighted by Crippen LogP contribution is 2.24. The van der Waals surface area contributed by atoms with Crippen molar-refractivity contribution in [2.75, 3.05) is 5.32 Å². The first-order valence-corrected chi connectivity index (χ1v) is 9.22. The molecule has 0 unspecified atom stereocenters. The van der Waals surface area contributed by atoms with Crippen LogP contribution in [0.25, 0.3) is 22.2 Å². The molecular formula is C20H19ClN6O. The monoisotopic (exact) mass is 394 g/mol. The van der Waals surface area contributed by atoms with Gasteiger partial charge in [0.1, 0.15) is 0 Å². The van der Waals surface area contributed by atoms with Gasteiger partial charge in [-0.25, -0.2) is 9.97 Å². The van der Waals surface area contributed by atoms with Gasteiger partial charge in [-0.15, -0.1) is 0 Å². The molecule has 0 aliphatic rings. The van der Waals surface area contributed by atoms with E-state index >= 15 is 0 Å². The van der Waals surface area contributed by atoms with E-state index in [1.807, 2.05) is 45.2 Å². The highest BCUT2D eigenvalue weighted by Gasteiger charge is 2.15. The quantitative estimate of drug-likeness (QED) is 0.548. The number of halogens is 1. The van der Waals surface area contributed by atoms with Crippen molar-refractivity contribution in [1.29, 1.82) is 0 Å². The Morgan fingerprint density at radius 2 is 2.11 bits per heavy atom. The number of rotatable bonds is 4. The van der Waals surface area contributed by atoms with Gasteiger partial charge in [-0.3, -0.25) is 9.48 Å². The predicted molar refractivity (Wildman–Crippen MR) is 111 cm³/mol. The van der Waals surface area contributed by atoms with Gasteiger partial charge in [0.2, 0.25) is 5.95 Å². The number of para-hydroxylation sites is 1. The first-order valence-electron chi connectivity index (χ1n) is 8.84. The summed E-state index contributed by atoms with van der Waals surface area (Å²) in [5.41, 5.74) is 3.76. The summed E-state index contributed by atoms with van der Waals surface area (Å²) in [5.74, 6) is 0.443. The summed E-state index contributed by atoms with van der Waals surface area (Å²) in [6, 6.07) is 8.90. The van der Waals surface area contributed by atoms with E-state index in [1.54, 1.807) is 23.1 Å². The summed E-state index contributed by atoms with van der Waals surface area (Å²) in [6.07, 6.45) is 3.47. The topological polar surface area (TPSA) is 88.5 Å². The Hall–Kier alpha value is -3.19. The Labute approximate surface area is 166 Å². The fourth-order valence-corrected chi connectivity index (χ4v) is 3.36. The molecule has 0 radical (unpaired) electrons. The average Bonchev–Trinajstić information content (AvgIpc) is 3.01. The average molecular weight is 395 g/mol. The summed E-state index contributed by atoms with van der Waals surface area (Å²) in [5, 5.41) is 8.86. The van der Waals surface area contributed by atoms with Crippen molar-refractivity contribution in [3.63, 3.8) is 0 Å². The predicted octanol–water partition coefficient (Wildman–Crippen LogP) is 3.85. The van der Waals surface area contributed by atoms with Gasteiger partial charge in [0.05, 0.1) is 28.5 Å². The molecule has 8 heteroatoms. The molecule has 0 amide bonds. The van der Waals surface area contributed by atoms with Crippen molar-refractivity contribution in [3.8, 4) is 11.3 Å². The Kier molecular flexibility index (Phi) is 4.60. The van der Waals surface area contributed by atoms with Gasteiger partial charge in [-0.05, 0) is 32.0 Å². The lowest BCUT2D eigenvalue weighted by molar-refractivity contribution is 0.740. The molecule has 142 valence electrons. The molecule has 0 saturated heterocycles. The van der Waals surface area contributed by atoms with Crippen LogP contribution < -0.4 is 10.9 Å². The molecule has 0 saturated carbocycles. The van der Waals surface area contributed by atoms with E-state index in [2.05, 4.69) is 25.4 Å². The van der Waals surface area contributed by atoms with Crippen LogP contribution in [0.15, 0.2) is 47.5 Å². The number of H-pyrrole nitrogens is 1. The molecule has 0 fully saturated rings. The zero-order chi connectivity index (χ0) is 19.8. The summed E-state index contributed by atoms with van der Waals surface area (Å²) in [4.78, 5) is 24.3. The van der Waals surface area contributed by atoms with E-state index in [1.165, 1.54) is 0 Å². The van der Waals surface area contributed by atoms with Crippen LogP contribution in [0.1, 0.15) is 24.2 Å². The fourth-order valence-electron chi connectivity index (χ4n) is 3.13. The molecular weight excluding hydrogens is 376 g/mol. The molecule has 1 aromatic carbocycles. The van der Waals surface area contributed by atoms with Crippen LogP contribution in [0.4, 0.5) is 5.95 Å². The van der Waals surface area contributed by atoms with E-state index < -0.39 is 0 Å². The zero-order valence-corrected chi connectivity index (χ0v) is 16.4. The normalized spacial score (nSPS) is 12.3. The molecule has 7 nitrogen and oxygen atoms in total. The van der Waals surface area contributed by atoms with Crippen LogP contribution in [0.2, 0.25) is 5.02 Å². The molecule has 28 heavy (non-hydrogen) atoms. The van der Waals surface area contributed by atoms with Gasteiger partial charge in [-0.1, -0.05) is 23.7 Å². The molecule has 3 aromatic heterocycles. The number of aromatic nitrogens is 5. The first-order chi connectivity index (χ1) is 13.4. The van der Waals surface area contributed by atoms with Crippen molar-refractivity contribution >= 4 is 28.5 Å². The van der Waals surface area contributed by atoms with Crippen molar-refractivity contribution in [2.24, 2.45) is 7.05 Å². The van der Waals surface area contributed by atoms with E-state index in [4.69, 9.17) is 11.6 Å². The number of hydrogen-bond donors (Lipinski definition) is 2. The van der Waals surface area contributed by atoms with Gasteiger partial charge < -0.3 is 10.3 Å². The second-order valence-electron chi connectivity index (χ2n) is 6.66. The number of anilines is 1. The van der Waals surface area contributed by atoms with Crippen molar-refractivity contribution < 1.29 is 0 Å². The van der Waals surface area contributed by atoms with Crippen LogP contribution in [-0.2, 0) is 7.05 Å². The van der Waals surface area contributed by atoms with E-state index in [9.17, 15) is 4.79 Å². The molecule has 4 rings (SSSR count). The Morgan fingerprint density at radius 1 is 1.29 bits per heavy atom. The highest BCUT2D eigenvalue weighted by molar-refractivity contribution is 6.35. The summed E-state index contributed by atoms with van der Waals surface area (Å²) >= 11 is 6.17. The minimum Gasteiger partial charge on any atom is -0.347 e. The molecule has 0 aliphatic carbocycles. The minimum atomic E-state index is -0.294. The highest BCUT2D eigenvalue weighted by atomic mass is 35.5. The third-order valence-electron chi connectivity index (χ3n) is 4.84. The number of benzene rings is 1. The second kappa shape index (κ2) is 7.09. The van der Waals surface area contributed by atoms with Crippen LogP contribution in [-0.4, -0.2) is 24.7 Å². The number of fused-ring (bicyclic) bond motifs is 1. The van der Waals surface area contributed by atoms with E-state index in [-0.39, 0.29) is 11.6 Å². The van der Waals surface area contributed by atoms with Gasteiger partial charge in [0, 0.05) is 35.5 Å². The van der Waals surface area contributed by atoms with E-state index in [0.29, 0.717) is 22.1 Å². The first kappa shape index (κ1) is 18.2. The number of aromatic amines is 1. The molecule has 0 aliphatic heterocycles. The summed E-state index contributed by atoms with van der Waals surface area (Å²) < 4.78 is 1.80. The lowest BCUT2D eigenvalue weighted by atomic mass is 10.1. The number of nitrogens with one attached hydrogen (secondary N) is 2. The largest absolute Gasteiger partial charge is 0.347 e. The smallest absolute Gasteiger partial charge is 0.253 e. The van der Waals surface area contributed by atoms with Crippen molar-refractivity contribution in [1.82, 2.24) is 24.7 Å². The molecule has 0 bridgehead atoms. The number of aryl methyl sites for hydroxylation is 1. The minimum absolute atomic E-state index is 0.195. The van der Waals surface area contributed by atoms with Crippen LogP contribution in [0.3, 0.4) is 0 Å². The number of hydrogen-bond acceptors (Lipinski definition) is 5. The van der Waals surface area contributed by atoms with E-state index in [0.717, 1.165) is 22.3 Å². The molecule has 0 spiro atoms. The Morgan fingerprint density at radius 3 is 2.86 bits per heavy atom. The lowest BCUT2D eigenvalue weighted by Gasteiger charge is -2.15. The maximum Gasteiger partial charge on any atom is 0.253 e. The molecule has 2 N–H and O–H groups in total. The van der Waals surface area contributed by atoms with Crippen molar-refractivity contribution in [2.45, 2.75) is 19.9 Å². The van der Waals surface area contributed by atoms with Crippen molar-refractivity contribution in [3.05, 3.63) is 69.4 Å². The van der Waals surface area contributed by atoms with Gasteiger partial charge >= 0.3 is 0 Å². The van der Waals surface area contributed by atoms with Gasteiger partial charge in [-0.2, -0.15) is 5.10 Å². The zero-order valence-electron chi connectivity index (χ0n) is 15.7. The molecule has 1 atom stereocenters. The maximum atomic E-state index is 12.5. The molecule has 4 aromatic rings. The second-order valence-corrected chi connectivity index (χ2v) is 7.06. The van der Waals surface area contributed by atoms with Crippen LogP contribution in [0, 0.1) is 6.92 Å². The lowest BCUT2D eigenvalue weighted by Crippen LogP contribution is -2.20. The standard InChI is InChI=1S/C20H19ClN6O/c1-11(14-9-13-5-4-6-16(21)18(13)26-19(14)28)24-20-22-8-7-17(25-20)15-10-23-27(3)12(15)2/h4-11H,1-3H3,(H,26,28)(H,22,24,25)/t11-/m0/s1. The fraction of sp³-hybridized carbons (Fsp3) is 0.200. The number of pyridine rings is 1. The maximum absolute atomic E-state index is 12.5.